The van der Waals surface area contributed by atoms with E-state index in [-0.39, 0.29) is 42.1 Å². The van der Waals surface area contributed by atoms with E-state index < -0.39 is 40.4 Å². The van der Waals surface area contributed by atoms with Crippen molar-refractivity contribution in [1.82, 2.24) is 9.49 Å². The first-order chi connectivity index (χ1) is 18.1. The van der Waals surface area contributed by atoms with Crippen LogP contribution in [-0.4, -0.2) is 67.6 Å². The molecule has 3 aliphatic rings. The molecule has 38 heavy (non-hydrogen) atoms. The van der Waals surface area contributed by atoms with Gasteiger partial charge in [-0.05, 0) is 48.6 Å². The minimum Gasteiger partial charge on any atom is -0.508 e. The molecule has 2 aromatic carbocycles. The number of hydrogen-bond acceptors (Lipinski definition) is 7. The third-order valence-corrected chi connectivity index (χ3v) is 7.23. The van der Waals surface area contributed by atoms with Crippen molar-refractivity contribution in [3.63, 3.8) is 0 Å². The number of phenolic OH excluding ortho intramolecular Hbond substituents is 1. The number of quaternary nitrogens is 1. The van der Waals surface area contributed by atoms with Crippen molar-refractivity contribution in [2.24, 2.45) is 0 Å². The molecule has 0 aromatic heterocycles. The first kappa shape index (κ1) is 24.8. The molecule has 2 aromatic rings. The first-order valence-electron chi connectivity index (χ1n) is 11.9. The van der Waals surface area contributed by atoms with E-state index in [2.05, 4.69) is 0 Å². The fourth-order valence-electron chi connectivity index (χ4n) is 5.80. The zero-order chi connectivity index (χ0) is 27.4. The average molecular weight is 522 g/mol. The highest BCUT2D eigenvalue weighted by molar-refractivity contribution is 6.11. The molecule has 0 saturated heterocycles. The van der Waals surface area contributed by atoms with Crippen LogP contribution in [0.5, 0.6) is 5.75 Å². The molecule has 196 valence electrons. The Morgan fingerprint density at radius 2 is 1.71 bits per heavy atom. The van der Waals surface area contributed by atoms with Gasteiger partial charge in [0.15, 0.2) is 5.69 Å². The summed E-state index contributed by atoms with van der Waals surface area (Å²) in [6.07, 6.45) is 2.04. The monoisotopic (exact) mass is 521 g/mol. The topological polar surface area (TPSA) is 159 Å². The van der Waals surface area contributed by atoms with Crippen LogP contribution in [0, 0.1) is 0 Å². The maximum absolute atomic E-state index is 14.5. The van der Waals surface area contributed by atoms with Crippen molar-refractivity contribution in [3.8, 4) is 5.75 Å². The summed E-state index contributed by atoms with van der Waals surface area (Å²) < 4.78 is -1.02. The van der Waals surface area contributed by atoms with Crippen molar-refractivity contribution >= 4 is 41.0 Å². The number of carbonyl (C=O) groups is 4. The second-order valence-corrected chi connectivity index (χ2v) is 9.13. The lowest BCUT2D eigenvalue weighted by Crippen LogP contribution is -2.80. The molecule has 0 spiro atoms. The van der Waals surface area contributed by atoms with Crippen LogP contribution in [0.3, 0.4) is 0 Å². The Kier molecular flexibility index (Phi) is 5.64. The molecule has 0 aliphatic carbocycles. The number of fused-ring (bicyclic) bond motifs is 1. The van der Waals surface area contributed by atoms with Crippen LogP contribution in [0.4, 0.5) is 26.7 Å². The summed E-state index contributed by atoms with van der Waals surface area (Å²) in [6, 6.07) is 10.1. The highest BCUT2D eigenvalue weighted by atomic mass is 16.4. The summed E-state index contributed by atoms with van der Waals surface area (Å²) in [7, 11) is 0. The molecule has 3 aliphatic heterocycles. The number of aliphatic carboxylic acids is 1. The van der Waals surface area contributed by atoms with Gasteiger partial charge in [-0.3, -0.25) is 9.59 Å². The van der Waals surface area contributed by atoms with Crippen LogP contribution in [0.1, 0.15) is 30.1 Å². The lowest BCUT2D eigenvalue weighted by Gasteiger charge is -2.52. The van der Waals surface area contributed by atoms with Crippen LogP contribution in [0.25, 0.3) is 0 Å². The molecule has 3 heterocycles. The van der Waals surface area contributed by atoms with Crippen LogP contribution >= 0.6 is 0 Å². The van der Waals surface area contributed by atoms with Gasteiger partial charge in [0.1, 0.15) is 11.4 Å². The smallest absolute Gasteiger partial charge is 0.508 e. The quantitative estimate of drug-likeness (QED) is 0.312. The third kappa shape index (κ3) is 3.13. The molecule has 0 radical (unpaired) electrons. The Morgan fingerprint density at radius 3 is 2.32 bits per heavy atom. The Labute approximate surface area is 216 Å². The van der Waals surface area contributed by atoms with Crippen molar-refractivity contribution < 1.29 is 39.6 Å². The zero-order valence-corrected chi connectivity index (χ0v) is 20.3. The van der Waals surface area contributed by atoms with Gasteiger partial charge in [0.05, 0.1) is 12.1 Å². The van der Waals surface area contributed by atoms with Crippen molar-refractivity contribution in [2.75, 3.05) is 16.5 Å². The Balaban J connectivity index is 1.81. The number of allylic oxidation sites excluding steroid dienone is 2. The number of anilines is 2. The molecule has 3 unspecified atom stereocenters. The van der Waals surface area contributed by atoms with E-state index in [1.807, 2.05) is 0 Å². The van der Waals surface area contributed by atoms with Gasteiger partial charge in [-0.2, -0.15) is 9.80 Å². The Morgan fingerprint density at radius 1 is 1.00 bits per heavy atom. The van der Waals surface area contributed by atoms with Crippen LogP contribution in [0.2, 0.25) is 0 Å². The molecule has 12 heteroatoms. The van der Waals surface area contributed by atoms with Gasteiger partial charge in [0.2, 0.25) is 17.6 Å². The van der Waals surface area contributed by atoms with E-state index in [1.54, 1.807) is 31.2 Å². The summed E-state index contributed by atoms with van der Waals surface area (Å²) in [5.74, 6) is -1.78. The fraction of sp³-hybridized carbons (Fsp3) is 0.231. The van der Waals surface area contributed by atoms with E-state index in [9.17, 15) is 39.6 Å². The van der Waals surface area contributed by atoms with E-state index in [1.165, 1.54) is 52.5 Å². The number of hydrogen-bond donors (Lipinski definition) is 4. The number of benzene rings is 2. The molecule has 2 amide bonds. The highest BCUT2D eigenvalue weighted by Gasteiger charge is 2.72. The third-order valence-electron chi connectivity index (χ3n) is 7.23. The van der Waals surface area contributed by atoms with Gasteiger partial charge < -0.3 is 25.3 Å². The average Bonchev–Trinajstić information content (AvgIpc) is 3.33. The van der Waals surface area contributed by atoms with Crippen molar-refractivity contribution in [3.05, 3.63) is 72.5 Å². The maximum Gasteiger partial charge on any atom is 0.546 e. The van der Waals surface area contributed by atoms with Gasteiger partial charge in [-0.25, -0.2) is 9.69 Å². The predicted octanol–water partition coefficient (Wildman–Crippen LogP) is 3.79. The summed E-state index contributed by atoms with van der Waals surface area (Å²) in [6.45, 7) is 1.51. The minimum atomic E-state index is -1.91. The van der Waals surface area contributed by atoms with Crippen molar-refractivity contribution in [1.29, 1.82) is 0 Å². The molecule has 5 rings (SSSR count). The summed E-state index contributed by atoms with van der Waals surface area (Å²) in [4.78, 5) is 54.3. The lowest BCUT2D eigenvalue weighted by molar-refractivity contribution is -0.137. The number of amides is 2. The van der Waals surface area contributed by atoms with Gasteiger partial charge in [0, 0.05) is 30.8 Å². The minimum absolute atomic E-state index is 0.0772. The number of nitrogens with zero attached hydrogens (tertiary/aromatic N) is 4. The zero-order valence-electron chi connectivity index (χ0n) is 20.3. The number of carboxylic acids is 1. The number of ketones is 1. The standard InChI is InChI=1S/C26H24N4O8/c1-2-21-28(24(35)36)19-10-7-17-15-20(19)30(21,25(37)38)29(17)26(23(34)16-5-8-18(31)9-6-16)12-3-4-13-27(26)14-11-22(32)33/h3-10,12-13,15,21H,2,11,14H2,1H3,(H3-,31,32,33,34,35,36,37,38)/p+1. The summed E-state index contributed by atoms with van der Waals surface area (Å²) >= 11 is 0. The number of aromatic hydroxyl groups is 1. The molecule has 4 N–H and O–H groups in total. The number of carbonyl (C=O) groups excluding carboxylic acids is 1. The Hall–Kier alpha value is -4.84. The number of rotatable bonds is 7. The second-order valence-electron chi connectivity index (χ2n) is 9.13. The van der Waals surface area contributed by atoms with Gasteiger partial charge >= 0.3 is 18.2 Å². The molecule has 3 atom stereocenters. The number of carboxylic acid groups (broad SMARTS) is 3. The second kappa shape index (κ2) is 8.63. The largest absolute Gasteiger partial charge is 0.546 e. The van der Waals surface area contributed by atoms with Crippen molar-refractivity contribution in [2.45, 2.75) is 31.6 Å². The molecule has 0 fully saturated rings. The highest BCUT2D eigenvalue weighted by Crippen LogP contribution is 2.58. The maximum atomic E-state index is 14.5. The molecular formula is C26H25N4O8+. The lowest BCUT2D eigenvalue weighted by atomic mass is 9.92. The van der Waals surface area contributed by atoms with Crippen LogP contribution in [0.15, 0.2) is 66.9 Å². The van der Waals surface area contributed by atoms with E-state index >= 15 is 0 Å². The van der Waals surface area contributed by atoms with E-state index in [0.29, 0.717) is 5.69 Å². The van der Waals surface area contributed by atoms with Crippen LogP contribution < -0.4 is 14.5 Å². The summed E-state index contributed by atoms with van der Waals surface area (Å²) in [5, 5.41) is 41.6. The molecule has 12 nitrogen and oxygen atoms in total. The summed E-state index contributed by atoms with van der Waals surface area (Å²) in [5.41, 5.74) is -1.05. The molecular weight excluding hydrogens is 496 g/mol. The van der Waals surface area contributed by atoms with Gasteiger partial charge in [-0.1, -0.05) is 17.6 Å². The normalized spacial score (nSPS) is 24.7. The van der Waals surface area contributed by atoms with Gasteiger partial charge in [0.25, 0.3) is 0 Å². The Bertz CT molecular complexity index is 1420. The number of Topliss-reactive ketones (excluding diaryl/α,β-unsaturated/α-hetero) is 1. The SMILES string of the molecule is CCC1N(C(=O)O)c2ccc3cc2[N+]1(C(=O)O)N3C1(C(=O)c2ccc(O)cc2)C=CC=CN1CCC(=O)O. The van der Waals surface area contributed by atoms with E-state index in [4.69, 9.17) is 0 Å². The first-order valence-corrected chi connectivity index (χ1v) is 11.9. The predicted molar refractivity (Wildman–Crippen MR) is 136 cm³/mol. The van der Waals surface area contributed by atoms with E-state index in [0.717, 1.165) is 4.90 Å². The van der Waals surface area contributed by atoms with Crippen LogP contribution in [-0.2, 0) is 4.79 Å². The van der Waals surface area contributed by atoms with Gasteiger partial charge in [-0.15, -0.1) is 0 Å². The fourth-order valence-corrected chi connectivity index (χ4v) is 5.80. The molecule has 2 bridgehead atoms. The molecule has 0 saturated carbocycles. The number of phenols is 1.